The van der Waals surface area contributed by atoms with Gasteiger partial charge in [0.25, 0.3) is 0 Å². The number of rotatable bonds is 11. The fourth-order valence-corrected chi connectivity index (χ4v) is 4.86. The van der Waals surface area contributed by atoms with Gasteiger partial charge >= 0.3 is 0 Å². The van der Waals surface area contributed by atoms with E-state index >= 15 is 0 Å². The van der Waals surface area contributed by atoms with Crippen molar-refractivity contribution in [1.82, 2.24) is 0 Å². The van der Waals surface area contributed by atoms with Crippen molar-refractivity contribution in [3.8, 4) is 0 Å². The van der Waals surface area contributed by atoms with Crippen LogP contribution in [0.2, 0.25) is 0 Å². The van der Waals surface area contributed by atoms with Gasteiger partial charge in [0.05, 0.1) is 0 Å². The fraction of sp³-hybridized carbons (Fsp3) is 0.176. The summed E-state index contributed by atoms with van der Waals surface area (Å²) in [5.74, 6) is -5.52. The number of benzene rings is 4. The Morgan fingerprint density at radius 1 is 0.475 bits per heavy atom. The lowest BCUT2D eigenvalue weighted by atomic mass is 9.78. The summed E-state index contributed by atoms with van der Waals surface area (Å²) in [4.78, 5) is 60.1. The standard InChI is InChI=1S/C34H32N2O4/c1-3-35(27-21-13-7-14-22-27)33(39)29(31(37)25-17-9-5-10-18-25)30(32(38)26-19-11-6-12-20-26)34(40)36(4-2)28-23-15-8-16-24-28/h5-24,29-30H,3-4H2,1-2H3. The number of nitrogens with zero attached hydrogens (tertiary/aromatic N) is 2. The lowest BCUT2D eigenvalue weighted by molar-refractivity contribution is -0.129. The zero-order valence-corrected chi connectivity index (χ0v) is 22.6. The molecule has 0 aliphatic rings. The minimum absolute atomic E-state index is 0.248. The van der Waals surface area contributed by atoms with Crippen LogP contribution in [0, 0.1) is 11.8 Å². The van der Waals surface area contributed by atoms with Gasteiger partial charge in [0.2, 0.25) is 11.8 Å². The molecule has 0 radical (unpaired) electrons. The molecule has 2 atom stereocenters. The highest BCUT2D eigenvalue weighted by Gasteiger charge is 2.47. The summed E-state index contributed by atoms with van der Waals surface area (Å²) in [5.41, 5.74) is 1.67. The minimum atomic E-state index is -1.58. The first-order valence-electron chi connectivity index (χ1n) is 13.4. The molecule has 0 saturated carbocycles. The number of hydrogen-bond donors (Lipinski definition) is 0. The smallest absolute Gasteiger partial charge is 0.239 e. The molecule has 6 heteroatoms. The first-order valence-corrected chi connectivity index (χ1v) is 13.4. The maximum atomic E-state index is 14.4. The van der Waals surface area contributed by atoms with E-state index in [9.17, 15) is 19.2 Å². The predicted octanol–water partition coefficient (Wildman–Crippen LogP) is 6.09. The third-order valence-electron chi connectivity index (χ3n) is 6.85. The molecule has 0 N–H and O–H groups in total. The van der Waals surface area contributed by atoms with E-state index in [0.29, 0.717) is 11.4 Å². The Morgan fingerprint density at radius 3 is 1.02 bits per heavy atom. The van der Waals surface area contributed by atoms with Crippen molar-refractivity contribution in [2.24, 2.45) is 11.8 Å². The van der Waals surface area contributed by atoms with Gasteiger partial charge in [0.1, 0.15) is 11.8 Å². The lowest BCUT2D eigenvalue weighted by Gasteiger charge is -2.32. The van der Waals surface area contributed by atoms with E-state index in [1.807, 2.05) is 12.1 Å². The van der Waals surface area contributed by atoms with Crippen molar-refractivity contribution in [3.63, 3.8) is 0 Å². The number of hydrogen-bond acceptors (Lipinski definition) is 4. The molecule has 0 aliphatic carbocycles. The highest BCUT2D eigenvalue weighted by Crippen LogP contribution is 2.30. The van der Waals surface area contributed by atoms with Crippen LogP contribution in [0.5, 0.6) is 0 Å². The van der Waals surface area contributed by atoms with Crippen LogP contribution in [0.4, 0.5) is 11.4 Å². The maximum Gasteiger partial charge on any atom is 0.239 e. The predicted molar refractivity (Wildman–Crippen MR) is 157 cm³/mol. The highest BCUT2D eigenvalue weighted by molar-refractivity contribution is 6.24. The molecule has 2 unspecified atom stereocenters. The van der Waals surface area contributed by atoms with Gasteiger partial charge in [-0.1, -0.05) is 97.1 Å². The van der Waals surface area contributed by atoms with E-state index < -0.39 is 35.2 Å². The lowest BCUT2D eigenvalue weighted by Crippen LogP contribution is -2.51. The summed E-state index contributed by atoms with van der Waals surface area (Å²) in [6.07, 6.45) is 0. The Kier molecular flexibility index (Phi) is 9.36. The molecule has 202 valence electrons. The molecule has 0 bridgehead atoms. The number of Topliss-reactive ketones (excluding diaryl/α,β-unsaturated/α-hetero) is 2. The Balaban J connectivity index is 1.91. The van der Waals surface area contributed by atoms with Crippen LogP contribution >= 0.6 is 0 Å². The average molecular weight is 533 g/mol. The van der Waals surface area contributed by atoms with Crippen LogP contribution in [0.15, 0.2) is 121 Å². The largest absolute Gasteiger partial charge is 0.312 e. The Morgan fingerprint density at radius 2 is 0.750 bits per heavy atom. The average Bonchev–Trinajstić information content (AvgIpc) is 3.01. The quantitative estimate of drug-likeness (QED) is 0.173. The summed E-state index contributed by atoms with van der Waals surface area (Å²) >= 11 is 0. The number of para-hydroxylation sites is 2. The van der Waals surface area contributed by atoms with Crippen LogP contribution in [0.1, 0.15) is 34.6 Å². The molecule has 0 spiro atoms. The Bertz CT molecular complexity index is 1330. The summed E-state index contributed by atoms with van der Waals surface area (Å²) in [6.45, 7) is 4.09. The van der Waals surface area contributed by atoms with Gasteiger partial charge in [0.15, 0.2) is 11.6 Å². The second-order valence-corrected chi connectivity index (χ2v) is 9.25. The monoisotopic (exact) mass is 532 g/mol. The van der Waals surface area contributed by atoms with Gasteiger partial charge in [0, 0.05) is 35.6 Å². The molecule has 0 aliphatic heterocycles. The van der Waals surface area contributed by atoms with E-state index in [2.05, 4.69) is 0 Å². The second kappa shape index (κ2) is 13.3. The maximum absolute atomic E-state index is 14.4. The fourth-order valence-electron chi connectivity index (χ4n) is 4.86. The zero-order chi connectivity index (χ0) is 28.5. The van der Waals surface area contributed by atoms with Crippen LogP contribution in [-0.2, 0) is 9.59 Å². The SMILES string of the molecule is CCN(C(=O)C(C(=O)c1ccccc1)C(C(=O)c1ccccc1)C(=O)N(CC)c1ccccc1)c1ccccc1. The molecular formula is C34H32N2O4. The van der Waals surface area contributed by atoms with Gasteiger partial charge in [-0.3, -0.25) is 19.2 Å². The zero-order valence-electron chi connectivity index (χ0n) is 22.6. The van der Waals surface area contributed by atoms with Gasteiger partial charge in [-0.05, 0) is 38.1 Å². The van der Waals surface area contributed by atoms with Crippen molar-refractivity contribution < 1.29 is 19.2 Å². The third-order valence-corrected chi connectivity index (χ3v) is 6.85. The van der Waals surface area contributed by atoms with E-state index in [1.54, 1.807) is 123 Å². The molecule has 4 aromatic rings. The summed E-state index contributed by atoms with van der Waals surface area (Å²) in [6, 6.07) is 34.6. The Hall–Kier alpha value is -4.84. The number of anilines is 2. The first kappa shape index (κ1) is 28.2. The summed E-state index contributed by atoms with van der Waals surface area (Å²) < 4.78 is 0. The van der Waals surface area contributed by atoms with Crippen molar-refractivity contribution >= 4 is 34.8 Å². The molecule has 40 heavy (non-hydrogen) atoms. The van der Waals surface area contributed by atoms with Gasteiger partial charge in [-0.15, -0.1) is 0 Å². The van der Waals surface area contributed by atoms with Crippen molar-refractivity contribution in [2.45, 2.75) is 13.8 Å². The molecule has 0 heterocycles. The molecule has 0 saturated heterocycles. The topological polar surface area (TPSA) is 74.8 Å². The summed E-state index contributed by atoms with van der Waals surface area (Å²) in [7, 11) is 0. The minimum Gasteiger partial charge on any atom is -0.312 e. The molecule has 4 rings (SSSR count). The van der Waals surface area contributed by atoms with Crippen LogP contribution in [-0.4, -0.2) is 36.5 Å². The number of carbonyl (C=O) groups excluding carboxylic acids is 4. The van der Waals surface area contributed by atoms with Gasteiger partial charge in [-0.2, -0.15) is 0 Å². The molecular weight excluding hydrogens is 500 g/mol. The third kappa shape index (κ3) is 6.07. The van der Waals surface area contributed by atoms with Crippen LogP contribution < -0.4 is 9.80 Å². The van der Waals surface area contributed by atoms with Crippen LogP contribution in [0.3, 0.4) is 0 Å². The first-order chi connectivity index (χ1) is 19.5. The Labute approximate surface area is 234 Å². The normalized spacial score (nSPS) is 12.2. The molecule has 2 amide bonds. The van der Waals surface area contributed by atoms with Crippen LogP contribution in [0.25, 0.3) is 0 Å². The van der Waals surface area contributed by atoms with E-state index in [1.165, 1.54) is 9.80 Å². The van der Waals surface area contributed by atoms with Gasteiger partial charge < -0.3 is 9.80 Å². The van der Waals surface area contributed by atoms with E-state index in [0.717, 1.165) is 0 Å². The van der Waals surface area contributed by atoms with Crippen molar-refractivity contribution in [2.75, 3.05) is 22.9 Å². The van der Waals surface area contributed by atoms with Crippen molar-refractivity contribution in [3.05, 3.63) is 132 Å². The molecule has 0 aromatic heterocycles. The van der Waals surface area contributed by atoms with Crippen molar-refractivity contribution in [1.29, 1.82) is 0 Å². The summed E-state index contributed by atoms with van der Waals surface area (Å²) in [5, 5.41) is 0. The second-order valence-electron chi connectivity index (χ2n) is 9.25. The molecule has 0 fully saturated rings. The molecule has 4 aromatic carbocycles. The number of carbonyl (C=O) groups is 4. The molecule has 6 nitrogen and oxygen atoms in total. The van der Waals surface area contributed by atoms with E-state index in [-0.39, 0.29) is 24.2 Å². The highest BCUT2D eigenvalue weighted by atomic mass is 16.2. The van der Waals surface area contributed by atoms with Gasteiger partial charge in [-0.25, -0.2) is 0 Å². The number of amides is 2. The van der Waals surface area contributed by atoms with E-state index in [4.69, 9.17) is 0 Å². The number of ketones is 2.